The molecule has 0 atom stereocenters. The predicted octanol–water partition coefficient (Wildman–Crippen LogP) is 3.02. The highest BCUT2D eigenvalue weighted by Gasteiger charge is 1.93. The van der Waals surface area contributed by atoms with Crippen molar-refractivity contribution < 1.29 is 0 Å². The summed E-state index contributed by atoms with van der Waals surface area (Å²) in [5.74, 6) is 0. The van der Waals surface area contributed by atoms with E-state index in [4.69, 9.17) is 0 Å². The van der Waals surface area contributed by atoms with E-state index in [2.05, 4.69) is 20.4 Å². The number of hydrogen-bond acceptors (Lipinski definition) is 0. The summed E-state index contributed by atoms with van der Waals surface area (Å²) >= 11 is 0. The highest BCUT2D eigenvalue weighted by Crippen LogP contribution is 2.03. The van der Waals surface area contributed by atoms with Gasteiger partial charge in [-0.25, -0.2) is 0 Å². The van der Waals surface area contributed by atoms with Gasteiger partial charge in [0.25, 0.3) is 0 Å². The molecule has 0 rings (SSSR count). The lowest BCUT2D eigenvalue weighted by Crippen LogP contribution is -2.01. The zero-order valence-corrected chi connectivity index (χ0v) is 9.47. The van der Waals surface area contributed by atoms with Crippen LogP contribution in [0.5, 0.6) is 0 Å². The van der Waals surface area contributed by atoms with E-state index < -0.39 is 0 Å². The maximum absolute atomic E-state index is 2.37. The van der Waals surface area contributed by atoms with Crippen molar-refractivity contribution in [2.45, 2.75) is 58.9 Å². The number of hydrogen-bond donors (Lipinski definition) is 0. The molecule has 0 radical (unpaired) electrons. The SMILES string of the molecule is CCCCCC(CCC)=[SiH]C. The Hall–Kier alpha value is 0.0869. The Balaban J connectivity index is 3.37. The van der Waals surface area contributed by atoms with Crippen LogP contribution in [-0.2, 0) is 0 Å². The first-order chi connectivity index (χ1) is 5.35. The van der Waals surface area contributed by atoms with Crippen molar-refractivity contribution in [2.24, 2.45) is 0 Å². The van der Waals surface area contributed by atoms with E-state index in [9.17, 15) is 0 Å². The van der Waals surface area contributed by atoms with Crippen molar-refractivity contribution in [3.05, 3.63) is 0 Å². The van der Waals surface area contributed by atoms with Gasteiger partial charge < -0.3 is 0 Å². The summed E-state index contributed by atoms with van der Waals surface area (Å²) in [6.07, 6.45) is 8.39. The van der Waals surface area contributed by atoms with Crippen LogP contribution >= 0.6 is 0 Å². The van der Waals surface area contributed by atoms with Crippen LogP contribution < -0.4 is 0 Å². The van der Waals surface area contributed by atoms with E-state index in [1.807, 2.05) is 5.17 Å². The first kappa shape index (κ1) is 11.1. The largest absolute Gasteiger partial charge is 0.0928 e. The van der Waals surface area contributed by atoms with Gasteiger partial charge in [0.1, 0.15) is 0 Å². The van der Waals surface area contributed by atoms with Crippen LogP contribution in [0.2, 0.25) is 6.55 Å². The lowest BCUT2D eigenvalue weighted by Gasteiger charge is -2.03. The Labute approximate surface area is 73.8 Å². The molecule has 0 aliphatic carbocycles. The van der Waals surface area contributed by atoms with Gasteiger partial charge in [-0.1, -0.05) is 44.8 Å². The fraction of sp³-hybridized carbons (Fsp3) is 0.900. The van der Waals surface area contributed by atoms with Crippen LogP contribution in [0.4, 0.5) is 0 Å². The zero-order chi connectivity index (χ0) is 8.53. The molecule has 0 aromatic carbocycles. The van der Waals surface area contributed by atoms with Crippen molar-refractivity contribution in [2.75, 3.05) is 0 Å². The van der Waals surface area contributed by atoms with Gasteiger partial charge in [-0.05, 0) is 28.4 Å². The quantitative estimate of drug-likeness (QED) is 0.424. The van der Waals surface area contributed by atoms with Gasteiger partial charge in [0.05, 0.1) is 0 Å². The molecule has 0 aromatic heterocycles. The third-order valence-electron chi connectivity index (χ3n) is 2.08. The summed E-state index contributed by atoms with van der Waals surface area (Å²) < 4.78 is 0. The minimum absolute atomic E-state index is 0.645. The van der Waals surface area contributed by atoms with E-state index in [1.165, 1.54) is 38.5 Å². The van der Waals surface area contributed by atoms with Crippen molar-refractivity contribution >= 4 is 14.3 Å². The Kier molecular flexibility index (Phi) is 8.25. The van der Waals surface area contributed by atoms with Crippen LogP contribution in [0.25, 0.3) is 0 Å². The zero-order valence-electron chi connectivity index (χ0n) is 8.32. The van der Waals surface area contributed by atoms with Gasteiger partial charge in [-0.3, -0.25) is 0 Å². The monoisotopic (exact) mass is 170 g/mol. The molecule has 0 aliphatic rings. The van der Waals surface area contributed by atoms with E-state index in [0.29, 0.717) is 9.13 Å². The standard InChI is InChI=1S/C10H22Si/c1-4-6-7-9-10(11-3)8-5-2/h11H,4-9H2,1-3H3. The first-order valence-corrected chi connectivity index (χ1v) is 6.72. The third kappa shape index (κ3) is 6.48. The molecular formula is C10H22Si. The van der Waals surface area contributed by atoms with Crippen molar-refractivity contribution in [3.8, 4) is 0 Å². The summed E-state index contributed by atoms with van der Waals surface area (Å²) in [7, 11) is 0.645. The molecule has 1 heteroatoms. The predicted molar refractivity (Wildman–Crippen MR) is 57.1 cm³/mol. The highest BCUT2D eigenvalue weighted by atomic mass is 28.2. The van der Waals surface area contributed by atoms with Crippen LogP contribution in [0.15, 0.2) is 0 Å². The number of rotatable bonds is 6. The van der Waals surface area contributed by atoms with Gasteiger partial charge in [0, 0.05) is 0 Å². The van der Waals surface area contributed by atoms with Crippen LogP contribution in [0.3, 0.4) is 0 Å². The molecule has 0 fully saturated rings. The Morgan fingerprint density at radius 3 is 2.18 bits per heavy atom. The summed E-state index contributed by atoms with van der Waals surface area (Å²) in [4.78, 5) is 0. The molecule has 0 saturated carbocycles. The van der Waals surface area contributed by atoms with Gasteiger partial charge in [0.15, 0.2) is 0 Å². The van der Waals surface area contributed by atoms with E-state index in [1.54, 1.807) is 0 Å². The van der Waals surface area contributed by atoms with Gasteiger partial charge >= 0.3 is 0 Å². The number of unbranched alkanes of at least 4 members (excludes halogenated alkanes) is 2. The van der Waals surface area contributed by atoms with E-state index >= 15 is 0 Å². The average molecular weight is 170 g/mol. The fourth-order valence-corrected chi connectivity index (χ4v) is 2.41. The summed E-state index contributed by atoms with van der Waals surface area (Å²) in [5.41, 5.74) is 0. The molecule has 0 saturated heterocycles. The maximum atomic E-state index is 2.37. The van der Waals surface area contributed by atoms with Gasteiger partial charge in [-0.15, -0.1) is 0 Å². The third-order valence-corrected chi connectivity index (χ3v) is 3.47. The second kappa shape index (κ2) is 8.19. The Morgan fingerprint density at radius 2 is 1.73 bits per heavy atom. The Morgan fingerprint density at radius 1 is 1.00 bits per heavy atom. The highest BCUT2D eigenvalue weighted by molar-refractivity contribution is 6.52. The minimum Gasteiger partial charge on any atom is -0.0928 e. The molecule has 66 valence electrons. The Bertz CT molecular complexity index is 105. The first-order valence-electron chi connectivity index (χ1n) is 4.99. The fourth-order valence-electron chi connectivity index (χ4n) is 1.34. The lowest BCUT2D eigenvalue weighted by atomic mass is 10.1. The molecule has 11 heavy (non-hydrogen) atoms. The molecule has 0 nitrogen and oxygen atoms in total. The summed E-state index contributed by atoms with van der Waals surface area (Å²) in [5, 5.41) is 1.86. The van der Waals surface area contributed by atoms with E-state index in [-0.39, 0.29) is 0 Å². The average Bonchev–Trinajstić information content (AvgIpc) is 2.03. The lowest BCUT2D eigenvalue weighted by molar-refractivity contribution is 0.738. The maximum Gasteiger partial charge on any atom is -0.0111 e. The van der Waals surface area contributed by atoms with Gasteiger partial charge in [0.2, 0.25) is 0 Å². The second-order valence-corrected chi connectivity index (χ2v) is 4.55. The summed E-state index contributed by atoms with van der Waals surface area (Å²) in [6.45, 7) is 6.93. The van der Waals surface area contributed by atoms with Crippen molar-refractivity contribution in [1.82, 2.24) is 0 Å². The molecule has 0 amide bonds. The van der Waals surface area contributed by atoms with Crippen LogP contribution in [0, 0.1) is 0 Å². The molecule has 0 spiro atoms. The van der Waals surface area contributed by atoms with Crippen molar-refractivity contribution in [1.29, 1.82) is 0 Å². The summed E-state index contributed by atoms with van der Waals surface area (Å²) in [6, 6.07) is 0. The molecular weight excluding hydrogens is 148 g/mol. The molecule has 0 unspecified atom stereocenters. The molecule has 0 aliphatic heterocycles. The molecule has 0 bridgehead atoms. The van der Waals surface area contributed by atoms with Crippen LogP contribution in [0.1, 0.15) is 52.4 Å². The van der Waals surface area contributed by atoms with Crippen molar-refractivity contribution in [3.63, 3.8) is 0 Å². The molecule has 0 N–H and O–H groups in total. The minimum atomic E-state index is 0.645. The van der Waals surface area contributed by atoms with E-state index in [0.717, 1.165) is 0 Å². The topological polar surface area (TPSA) is 0 Å². The van der Waals surface area contributed by atoms with Crippen LogP contribution in [-0.4, -0.2) is 14.3 Å². The second-order valence-electron chi connectivity index (χ2n) is 3.15. The normalized spacial score (nSPS) is 12.1. The smallest absolute Gasteiger partial charge is 0.0111 e. The molecule has 0 heterocycles. The molecule has 0 aromatic rings. The van der Waals surface area contributed by atoms with Gasteiger partial charge in [-0.2, -0.15) is 0 Å².